The maximum atomic E-state index is 15.8. The number of aryl methyl sites for hydroxylation is 1. The molecule has 0 bridgehead atoms. The first-order chi connectivity index (χ1) is 27.7. The first-order valence-corrected chi connectivity index (χ1v) is 20.5. The van der Waals surface area contributed by atoms with Gasteiger partial charge in [-0.2, -0.15) is 19.6 Å². The quantitative estimate of drug-likeness (QED) is 0.0858. The Balaban J connectivity index is 1.02. The molecule has 0 spiro atoms. The second kappa shape index (κ2) is 16.5. The van der Waals surface area contributed by atoms with Crippen LogP contribution in [-0.2, 0) is 17.1 Å². The standard InChI is InChI=1S/C38H48F2N12O5S/c1-23(2)57-35-33(25-18-46-47-19-25)45-22-52(42-4)37(35)44-21-43-31-11-8-27(17-30(31)39)58(55,56)51-14-6-7-26(20-51)38(53,54)50-15-12-24(13-16-50)28-9-10-29-34(32(28)40)49(5)48-36(29)41-3/h8-11,17-19,22-24,26,43,53-54H,4,6-7,12-16,20-21H2,1-3,5H3,(H,41,48)(H,46,47)/b44-37-. The van der Waals surface area contributed by atoms with Gasteiger partial charge in [0.2, 0.25) is 15.9 Å². The highest BCUT2D eigenvalue weighted by atomic mass is 32.2. The van der Waals surface area contributed by atoms with E-state index in [0.29, 0.717) is 65.0 Å². The Morgan fingerprint density at radius 3 is 2.59 bits per heavy atom. The molecule has 58 heavy (non-hydrogen) atoms. The number of halogens is 2. The van der Waals surface area contributed by atoms with Crippen molar-refractivity contribution in [1.29, 1.82) is 0 Å². The van der Waals surface area contributed by atoms with E-state index in [0.717, 1.165) is 6.07 Å². The molecule has 0 radical (unpaired) electrons. The van der Waals surface area contributed by atoms with Gasteiger partial charge >= 0.3 is 0 Å². The van der Waals surface area contributed by atoms with Crippen LogP contribution in [0.1, 0.15) is 51.0 Å². The molecule has 2 aromatic carbocycles. The van der Waals surface area contributed by atoms with Crippen molar-refractivity contribution in [2.24, 2.45) is 23.1 Å². The van der Waals surface area contributed by atoms with E-state index in [9.17, 15) is 18.6 Å². The fourth-order valence-corrected chi connectivity index (χ4v) is 9.39. The van der Waals surface area contributed by atoms with Crippen LogP contribution in [-0.4, -0.2) is 116 Å². The Morgan fingerprint density at radius 1 is 1.14 bits per heavy atom. The van der Waals surface area contributed by atoms with Gasteiger partial charge < -0.3 is 25.6 Å². The molecule has 17 nitrogen and oxygen atoms in total. The molecule has 2 aliphatic heterocycles. The van der Waals surface area contributed by atoms with E-state index in [4.69, 9.17) is 4.74 Å². The van der Waals surface area contributed by atoms with Crippen LogP contribution in [0.4, 0.5) is 20.3 Å². The number of benzene rings is 2. The second-order valence-electron chi connectivity index (χ2n) is 14.8. The molecule has 2 fully saturated rings. The average molecular weight is 823 g/mol. The van der Waals surface area contributed by atoms with Crippen LogP contribution in [0.3, 0.4) is 0 Å². The molecular formula is C38H48F2N12O5S. The number of aliphatic hydroxyl groups is 2. The number of nitrogens with zero attached hydrogens (tertiary/aromatic N) is 9. The summed E-state index contributed by atoms with van der Waals surface area (Å²) >= 11 is 0. The number of ether oxygens (including phenoxy) is 1. The number of fused-ring (bicyclic) bond motifs is 1. The van der Waals surface area contributed by atoms with E-state index >= 15 is 8.78 Å². The van der Waals surface area contributed by atoms with Gasteiger partial charge in [-0.1, -0.05) is 6.07 Å². The summed E-state index contributed by atoms with van der Waals surface area (Å²) in [5.41, 5.74) is 2.33. The molecule has 5 N–H and O–H groups in total. The minimum Gasteiger partial charge on any atom is -0.485 e. The summed E-state index contributed by atoms with van der Waals surface area (Å²) in [6, 6.07) is 7.16. The number of hydrogen-bond donors (Lipinski definition) is 5. The zero-order chi connectivity index (χ0) is 41.4. The van der Waals surface area contributed by atoms with Crippen molar-refractivity contribution in [3.63, 3.8) is 0 Å². The number of likely N-dealkylation sites (tertiary alicyclic amines) is 1. The minimum atomic E-state index is -4.22. The van der Waals surface area contributed by atoms with E-state index in [-0.39, 0.29) is 66.8 Å². The predicted octanol–water partition coefficient (Wildman–Crippen LogP) is 3.62. The Hall–Kier alpha value is -5.28. The summed E-state index contributed by atoms with van der Waals surface area (Å²) in [6.45, 7) is 7.60. The number of piperidine rings is 2. The summed E-state index contributed by atoms with van der Waals surface area (Å²) in [7, 11) is -0.793. The van der Waals surface area contributed by atoms with Crippen LogP contribution in [0.25, 0.3) is 22.2 Å². The number of anilines is 2. The van der Waals surface area contributed by atoms with Crippen molar-refractivity contribution < 1.29 is 32.1 Å². The van der Waals surface area contributed by atoms with Crippen LogP contribution in [0.2, 0.25) is 0 Å². The molecule has 0 amide bonds. The van der Waals surface area contributed by atoms with Gasteiger partial charge in [-0.15, -0.1) is 0 Å². The number of nitrogens with one attached hydrogen (secondary N) is 3. The zero-order valence-electron chi connectivity index (χ0n) is 32.7. The molecule has 310 valence electrons. The summed E-state index contributed by atoms with van der Waals surface area (Å²) in [5.74, 6) is -3.58. The molecule has 20 heteroatoms. The molecule has 1 unspecified atom stereocenters. The number of rotatable bonds is 13. The van der Waals surface area contributed by atoms with Crippen molar-refractivity contribution in [1.82, 2.24) is 38.8 Å². The lowest BCUT2D eigenvalue weighted by Crippen LogP contribution is -2.60. The van der Waals surface area contributed by atoms with E-state index in [1.807, 2.05) is 19.9 Å². The average Bonchev–Trinajstić information content (AvgIpc) is 3.87. The topological polar surface area (TPSA) is 203 Å². The second-order valence-corrected chi connectivity index (χ2v) is 16.7. The van der Waals surface area contributed by atoms with Crippen molar-refractivity contribution in [2.45, 2.75) is 62.4 Å². The maximum absolute atomic E-state index is 15.8. The van der Waals surface area contributed by atoms with Gasteiger partial charge in [-0.25, -0.2) is 31.9 Å². The SMILES string of the molecule is C=Nn1cnc(-c2cn[nH]c2)c(OC(C)C)/c1=N/CNc1ccc(S(=O)(=O)N2CCCC(C(O)(O)N3CCC(c4ccc5c(NC)nn(C)c5c4F)CC3)C2)cc1F. The van der Waals surface area contributed by atoms with Gasteiger partial charge in [0.25, 0.3) is 0 Å². The highest BCUT2D eigenvalue weighted by Gasteiger charge is 2.46. The normalized spacial score (nSPS) is 17.9. The molecule has 2 saturated heterocycles. The fraction of sp³-hybridized carbons (Fsp3) is 0.447. The van der Waals surface area contributed by atoms with Crippen LogP contribution in [0, 0.1) is 17.6 Å². The highest BCUT2D eigenvalue weighted by molar-refractivity contribution is 7.89. The summed E-state index contributed by atoms with van der Waals surface area (Å²) in [5, 5.41) is 44.6. The molecule has 0 saturated carbocycles. The van der Waals surface area contributed by atoms with E-state index in [1.165, 1.54) is 37.0 Å². The third-order valence-electron chi connectivity index (χ3n) is 10.8. The summed E-state index contributed by atoms with van der Waals surface area (Å²) < 4.78 is 69.1. The van der Waals surface area contributed by atoms with E-state index < -0.39 is 27.7 Å². The third-order valence-corrected chi connectivity index (χ3v) is 12.7. The number of aromatic amines is 1. The number of hydrogen-bond acceptors (Lipinski definition) is 13. The molecule has 5 aromatic rings. The van der Waals surface area contributed by atoms with Gasteiger partial charge in [-0.05, 0) is 75.3 Å². The maximum Gasteiger partial charge on any atom is 0.243 e. The zero-order valence-corrected chi connectivity index (χ0v) is 33.5. The molecule has 1 atom stereocenters. The van der Waals surface area contributed by atoms with Crippen LogP contribution in [0.15, 0.2) is 64.0 Å². The number of H-pyrrole nitrogens is 1. The smallest absolute Gasteiger partial charge is 0.243 e. The Kier molecular flexibility index (Phi) is 11.7. The number of sulfonamides is 1. The Labute approximate surface area is 334 Å². The molecular weight excluding hydrogens is 775 g/mol. The molecule has 7 rings (SSSR count). The van der Waals surface area contributed by atoms with Gasteiger partial charge in [0, 0.05) is 70.1 Å². The van der Waals surface area contributed by atoms with Gasteiger partial charge in [0.05, 0.1) is 22.9 Å². The molecule has 5 heterocycles. The highest BCUT2D eigenvalue weighted by Crippen LogP contribution is 2.39. The van der Waals surface area contributed by atoms with E-state index in [2.05, 4.69) is 47.7 Å². The Bertz CT molecular complexity index is 2460. The van der Waals surface area contributed by atoms with Crippen molar-refractivity contribution >= 4 is 39.1 Å². The predicted molar refractivity (Wildman–Crippen MR) is 213 cm³/mol. The lowest BCUT2D eigenvalue weighted by molar-refractivity contribution is -0.303. The summed E-state index contributed by atoms with van der Waals surface area (Å²) in [4.78, 5) is 10.2. The molecule has 0 aliphatic carbocycles. The lowest BCUT2D eigenvalue weighted by atomic mass is 9.86. The van der Waals surface area contributed by atoms with Crippen LogP contribution in [0.5, 0.6) is 5.75 Å². The van der Waals surface area contributed by atoms with Gasteiger partial charge in [0.15, 0.2) is 22.9 Å². The fourth-order valence-electron chi connectivity index (χ4n) is 7.86. The third kappa shape index (κ3) is 7.81. The largest absolute Gasteiger partial charge is 0.485 e. The van der Waals surface area contributed by atoms with Crippen molar-refractivity contribution in [2.75, 3.05) is 50.5 Å². The Morgan fingerprint density at radius 2 is 1.91 bits per heavy atom. The first kappa shape index (κ1) is 40.9. The lowest BCUT2D eigenvalue weighted by Gasteiger charge is -2.46. The number of aromatic nitrogens is 6. The first-order valence-electron chi connectivity index (χ1n) is 19.1. The van der Waals surface area contributed by atoms with Gasteiger partial charge in [0.1, 0.15) is 30.0 Å². The van der Waals surface area contributed by atoms with Crippen molar-refractivity contribution in [3.8, 4) is 17.0 Å². The monoisotopic (exact) mass is 822 g/mol. The van der Waals surface area contributed by atoms with Crippen LogP contribution >= 0.6 is 0 Å². The minimum absolute atomic E-state index is 0.00347. The van der Waals surface area contributed by atoms with Crippen molar-refractivity contribution in [3.05, 3.63) is 71.7 Å². The van der Waals surface area contributed by atoms with Crippen LogP contribution < -0.4 is 20.9 Å². The molecule has 2 aliphatic rings. The van der Waals surface area contributed by atoms with E-state index in [1.54, 1.807) is 32.6 Å². The summed E-state index contributed by atoms with van der Waals surface area (Å²) in [6.07, 6.45) is 6.08. The molecule has 3 aromatic heterocycles. The van der Waals surface area contributed by atoms with Gasteiger partial charge in [-0.3, -0.25) is 14.7 Å².